The van der Waals surface area contributed by atoms with Crippen molar-refractivity contribution in [2.24, 2.45) is 0 Å². The Morgan fingerprint density at radius 1 is 1.47 bits per heavy atom. The summed E-state index contributed by atoms with van der Waals surface area (Å²) < 4.78 is 0. The smallest absolute Gasteiger partial charge is 0.181 e. The van der Waals surface area contributed by atoms with Gasteiger partial charge < -0.3 is 10.2 Å². The van der Waals surface area contributed by atoms with Gasteiger partial charge in [0.05, 0.1) is 17.7 Å². The number of hydrogen-bond donors (Lipinski definition) is 3. The number of aliphatic hydroxyl groups excluding tert-OH is 2. The van der Waals surface area contributed by atoms with Gasteiger partial charge in [-0.25, -0.2) is 4.98 Å². The van der Waals surface area contributed by atoms with E-state index >= 15 is 0 Å². The molecule has 0 aliphatic carbocycles. The number of alkyl halides is 1. The molecule has 2 unspecified atom stereocenters. The van der Waals surface area contributed by atoms with Crippen LogP contribution < -0.4 is 0 Å². The molecule has 0 aliphatic rings. The molecule has 0 aromatic carbocycles. The molecule has 0 saturated carbocycles. The number of aromatic amines is 1. The molecule has 0 aliphatic heterocycles. The summed E-state index contributed by atoms with van der Waals surface area (Å²) in [5.41, 5.74) is 0.944. The van der Waals surface area contributed by atoms with Crippen molar-refractivity contribution in [2.75, 3.05) is 5.88 Å². The molecule has 2 atom stereocenters. The zero-order valence-electron chi connectivity index (χ0n) is 7.76. The Morgan fingerprint density at radius 3 is 3.00 bits per heavy atom. The topological polar surface area (TPSA) is 82.0 Å². The van der Waals surface area contributed by atoms with Crippen molar-refractivity contribution in [1.82, 2.24) is 15.2 Å². The lowest BCUT2D eigenvalue weighted by Crippen LogP contribution is -2.20. The molecule has 0 bridgehead atoms. The van der Waals surface area contributed by atoms with Crippen LogP contribution in [0.15, 0.2) is 18.3 Å². The summed E-state index contributed by atoms with van der Waals surface area (Å²) in [6.07, 6.45) is -0.482. The quantitative estimate of drug-likeness (QED) is 0.671. The summed E-state index contributed by atoms with van der Waals surface area (Å²) in [6, 6.07) is 3.51. The van der Waals surface area contributed by atoms with Gasteiger partial charge in [-0.1, -0.05) is 0 Å². The van der Waals surface area contributed by atoms with Crippen molar-refractivity contribution in [1.29, 1.82) is 0 Å². The van der Waals surface area contributed by atoms with Gasteiger partial charge in [0.1, 0.15) is 6.10 Å². The lowest BCUT2D eigenvalue weighted by atomic mass is 10.1. The van der Waals surface area contributed by atoms with Crippen LogP contribution in [0.25, 0.3) is 11.0 Å². The first-order valence-electron chi connectivity index (χ1n) is 4.45. The van der Waals surface area contributed by atoms with Crippen LogP contribution in [-0.4, -0.2) is 37.4 Å². The normalized spacial score (nSPS) is 15.4. The monoisotopic (exact) mass is 227 g/mol. The SMILES string of the molecule is OC(CCl)C(O)c1[nH]nc2ncccc12. The molecular formula is C9H10ClN3O2. The van der Waals surface area contributed by atoms with Gasteiger partial charge in [-0.3, -0.25) is 5.10 Å². The number of rotatable bonds is 3. The van der Waals surface area contributed by atoms with E-state index in [4.69, 9.17) is 11.6 Å². The van der Waals surface area contributed by atoms with Crippen molar-refractivity contribution in [3.63, 3.8) is 0 Å². The van der Waals surface area contributed by atoms with Crippen molar-refractivity contribution in [2.45, 2.75) is 12.2 Å². The molecule has 0 radical (unpaired) electrons. The molecule has 2 heterocycles. The Kier molecular flexibility index (Phi) is 2.86. The van der Waals surface area contributed by atoms with E-state index in [9.17, 15) is 10.2 Å². The predicted octanol–water partition coefficient (Wildman–Crippen LogP) is 0.591. The summed E-state index contributed by atoms with van der Waals surface area (Å²) in [5.74, 6) is -0.0397. The summed E-state index contributed by atoms with van der Waals surface area (Å²) in [6.45, 7) is 0. The van der Waals surface area contributed by atoms with E-state index in [1.54, 1.807) is 18.3 Å². The largest absolute Gasteiger partial charge is 0.389 e. The van der Waals surface area contributed by atoms with Crippen LogP contribution in [-0.2, 0) is 0 Å². The molecule has 2 rings (SSSR count). The summed E-state index contributed by atoms with van der Waals surface area (Å²) in [7, 11) is 0. The second-order valence-electron chi connectivity index (χ2n) is 3.18. The fraction of sp³-hybridized carbons (Fsp3) is 0.333. The molecule has 2 aromatic heterocycles. The highest BCUT2D eigenvalue weighted by Crippen LogP contribution is 2.22. The maximum atomic E-state index is 9.74. The highest BCUT2D eigenvalue weighted by Gasteiger charge is 2.21. The van der Waals surface area contributed by atoms with Crippen LogP contribution >= 0.6 is 11.6 Å². The lowest BCUT2D eigenvalue weighted by molar-refractivity contribution is 0.0308. The standard InChI is InChI=1S/C9H10ClN3O2/c10-4-6(14)8(15)7-5-2-1-3-11-9(5)13-12-7/h1-3,6,8,14-15H,4H2,(H,11,12,13). The molecule has 0 fully saturated rings. The Bertz CT molecular complexity index is 459. The second kappa shape index (κ2) is 4.14. The zero-order valence-corrected chi connectivity index (χ0v) is 8.52. The number of hydrogen-bond acceptors (Lipinski definition) is 4. The average Bonchev–Trinajstić information content (AvgIpc) is 2.70. The van der Waals surface area contributed by atoms with Gasteiger partial charge in [0.2, 0.25) is 0 Å². The van der Waals surface area contributed by atoms with Gasteiger partial charge >= 0.3 is 0 Å². The predicted molar refractivity (Wildman–Crippen MR) is 55.6 cm³/mol. The number of nitrogens with zero attached hydrogens (tertiary/aromatic N) is 2. The lowest BCUT2D eigenvalue weighted by Gasteiger charge is -2.13. The van der Waals surface area contributed by atoms with E-state index in [1.807, 2.05) is 0 Å². The summed E-state index contributed by atoms with van der Waals surface area (Å²) in [4.78, 5) is 4.00. The molecule has 0 spiro atoms. The van der Waals surface area contributed by atoms with Gasteiger partial charge in [-0.15, -0.1) is 11.6 Å². The number of nitrogens with one attached hydrogen (secondary N) is 1. The van der Waals surface area contributed by atoms with E-state index in [2.05, 4.69) is 15.2 Å². The Hall–Kier alpha value is -1.17. The zero-order chi connectivity index (χ0) is 10.8. The second-order valence-corrected chi connectivity index (χ2v) is 3.49. The number of aliphatic hydroxyl groups is 2. The minimum Gasteiger partial charge on any atom is -0.389 e. The molecule has 3 N–H and O–H groups in total. The first-order valence-corrected chi connectivity index (χ1v) is 4.98. The third kappa shape index (κ3) is 1.81. The fourth-order valence-electron chi connectivity index (χ4n) is 1.37. The van der Waals surface area contributed by atoms with Crippen LogP contribution in [0.5, 0.6) is 0 Å². The van der Waals surface area contributed by atoms with Crippen LogP contribution in [0.4, 0.5) is 0 Å². The fourth-order valence-corrected chi connectivity index (χ4v) is 1.54. The number of halogens is 1. The first-order chi connectivity index (χ1) is 7.24. The number of fused-ring (bicyclic) bond motifs is 1. The highest BCUT2D eigenvalue weighted by atomic mass is 35.5. The van der Waals surface area contributed by atoms with Gasteiger partial charge in [-0.2, -0.15) is 5.10 Å². The molecule has 80 valence electrons. The van der Waals surface area contributed by atoms with E-state index < -0.39 is 12.2 Å². The minimum absolute atomic E-state index is 0.0397. The molecule has 0 amide bonds. The number of aromatic nitrogens is 3. The van der Waals surface area contributed by atoms with Gasteiger partial charge in [0, 0.05) is 11.6 Å². The first kappa shape index (κ1) is 10.4. The molecule has 5 nitrogen and oxygen atoms in total. The maximum absolute atomic E-state index is 9.74. The average molecular weight is 228 g/mol. The minimum atomic E-state index is -1.07. The molecule has 0 saturated heterocycles. The molecule has 6 heteroatoms. The summed E-state index contributed by atoms with van der Waals surface area (Å²) in [5, 5.41) is 26.4. The summed E-state index contributed by atoms with van der Waals surface area (Å²) >= 11 is 5.46. The number of H-pyrrole nitrogens is 1. The van der Waals surface area contributed by atoms with Gasteiger partial charge in [-0.05, 0) is 12.1 Å². The molecular weight excluding hydrogens is 218 g/mol. The number of pyridine rings is 1. The third-order valence-corrected chi connectivity index (χ3v) is 2.49. The van der Waals surface area contributed by atoms with Crippen LogP contribution in [0.1, 0.15) is 11.8 Å². The Morgan fingerprint density at radius 2 is 2.27 bits per heavy atom. The Labute approximate surface area is 90.7 Å². The van der Waals surface area contributed by atoms with Gasteiger partial charge in [0.15, 0.2) is 5.65 Å². The van der Waals surface area contributed by atoms with E-state index in [1.165, 1.54) is 0 Å². The third-order valence-electron chi connectivity index (χ3n) is 2.18. The van der Waals surface area contributed by atoms with Crippen molar-refractivity contribution >= 4 is 22.6 Å². The van der Waals surface area contributed by atoms with Crippen LogP contribution in [0.3, 0.4) is 0 Å². The van der Waals surface area contributed by atoms with Crippen molar-refractivity contribution in [3.8, 4) is 0 Å². The molecule has 15 heavy (non-hydrogen) atoms. The molecule has 2 aromatic rings. The van der Waals surface area contributed by atoms with Crippen molar-refractivity contribution in [3.05, 3.63) is 24.0 Å². The van der Waals surface area contributed by atoms with Gasteiger partial charge in [0.25, 0.3) is 0 Å². The Balaban J connectivity index is 2.43. The highest BCUT2D eigenvalue weighted by molar-refractivity contribution is 6.18. The van der Waals surface area contributed by atoms with E-state index in [-0.39, 0.29) is 5.88 Å². The maximum Gasteiger partial charge on any atom is 0.181 e. The van der Waals surface area contributed by atoms with Crippen molar-refractivity contribution < 1.29 is 10.2 Å². The van der Waals surface area contributed by atoms with E-state index in [0.29, 0.717) is 16.7 Å². The van der Waals surface area contributed by atoms with Crippen LogP contribution in [0, 0.1) is 0 Å². The van der Waals surface area contributed by atoms with E-state index in [0.717, 1.165) is 0 Å². The van der Waals surface area contributed by atoms with Crippen LogP contribution in [0.2, 0.25) is 0 Å².